The van der Waals surface area contributed by atoms with Crippen LogP contribution in [0.4, 0.5) is 5.82 Å². The molecule has 6 nitrogen and oxygen atoms in total. The minimum Gasteiger partial charge on any atom is -0.356 e. The van der Waals surface area contributed by atoms with Gasteiger partial charge in [0.1, 0.15) is 11.9 Å². The third-order valence-corrected chi connectivity index (χ3v) is 2.61. The van der Waals surface area contributed by atoms with Crippen molar-refractivity contribution >= 4 is 5.82 Å². The molecule has 18 heavy (non-hydrogen) atoms. The molecule has 0 radical (unpaired) electrons. The van der Waals surface area contributed by atoms with E-state index in [4.69, 9.17) is 5.26 Å². The Balaban J connectivity index is 3.64. The van der Waals surface area contributed by atoms with Gasteiger partial charge in [-0.05, 0) is 6.92 Å². The van der Waals surface area contributed by atoms with Gasteiger partial charge in [0.2, 0.25) is 0 Å². The SMILES string of the molecule is C=C(C)CN(C)c1c(C#N)c(=O)n(C)c(=O)n1C. The maximum Gasteiger partial charge on any atom is 0.332 e. The van der Waals surface area contributed by atoms with Gasteiger partial charge in [-0.1, -0.05) is 12.2 Å². The van der Waals surface area contributed by atoms with Gasteiger partial charge in [0, 0.05) is 27.7 Å². The van der Waals surface area contributed by atoms with Crippen molar-refractivity contribution < 1.29 is 0 Å². The van der Waals surface area contributed by atoms with Gasteiger partial charge in [0.15, 0.2) is 5.56 Å². The summed E-state index contributed by atoms with van der Waals surface area (Å²) in [6.45, 7) is 6.08. The number of nitrogens with zero attached hydrogens (tertiary/aromatic N) is 4. The molecule has 0 saturated carbocycles. The summed E-state index contributed by atoms with van der Waals surface area (Å²) in [5.41, 5.74) is -0.204. The molecule has 1 aromatic rings. The first-order chi connectivity index (χ1) is 8.31. The van der Waals surface area contributed by atoms with Gasteiger partial charge >= 0.3 is 5.69 Å². The summed E-state index contributed by atoms with van der Waals surface area (Å²) in [6, 6.07) is 1.86. The van der Waals surface area contributed by atoms with E-state index in [0.717, 1.165) is 10.1 Å². The lowest BCUT2D eigenvalue weighted by atomic mass is 10.2. The molecule has 0 spiro atoms. The van der Waals surface area contributed by atoms with Gasteiger partial charge in [-0.15, -0.1) is 0 Å². The topological polar surface area (TPSA) is 71.0 Å². The van der Waals surface area contributed by atoms with Crippen LogP contribution in [0, 0.1) is 11.3 Å². The van der Waals surface area contributed by atoms with Crippen LogP contribution in [-0.4, -0.2) is 22.7 Å². The molecule has 1 rings (SSSR count). The van der Waals surface area contributed by atoms with Crippen molar-refractivity contribution in [2.45, 2.75) is 6.92 Å². The van der Waals surface area contributed by atoms with E-state index >= 15 is 0 Å². The molecule has 0 saturated heterocycles. The smallest absolute Gasteiger partial charge is 0.332 e. The Kier molecular flexibility index (Phi) is 3.76. The van der Waals surface area contributed by atoms with Crippen molar-refractivity contribution in [2.24, 2.45) is 14.1 Å². The molecule has 1 heterocycles. The number of hydrogen-bond acceptors (Lipinski definition) is 4. The summed E-state index contributed by atoms with van der Waals surface area (Å²) in [5, 5.41) is 9.09. The maximum absolute atomic E-state index is 11.9. The summed E-state index contributed by atoms with van der Waals surface area (Å²) in [7, 11) is 4.60. The normalized spacial score (nSPS) is 9.94. The van der Waals surface area contributed by atoms with Crippen LogP contribution in [-0.2, 0) is 14.1 Å². The van der Waals surface area contributed by atoms with E-state index in [-0.39, 0.29) is 5.56 Å². The molecule has 6 heteroatoms. The van der Waals surface area contributed by atoms with Crippen molar-refractivity contribution in [3.8, 4) is 6.07 Å². The van der Waals surface area contributed by atoms with E-state index in [0.29, 0.717) is 12.4 Å². The number of hydrogen-bond donors (Lipinski definition) is 0. The molecular formula is C12H16N4O2. The molecule has 96 valence electrons. The van der Waals surface area contributed by atoms with Gasteiger partial charge in [-0.2, -0.15) is 5.26 Å². The van der Waals surface area contributed by atoms with E-state index in [1.54, 1.807) is 11.9 Å². The summed E-state index contributed by atoms with van der Waals surface area (Å²) >= 11 is 0. The monoisotopic (exact) mass is 248 g/mol. The lowest BCUT2D eigenvalue weighted by Crippen LogP contribution is -2.42. The molecule has 0 aliphatic rings. The quantitative estimate of drug-likeness (QED) is 0.704. The molecule has 0 aliphatic carbocycles. The molecule has 0 fully saturated rings. The molecule has 0 atom stereocenters. The van der Waals surface area contributed by atoms with Crippen LogP contribution < -0.4 is 16.1 Å². The number of nitriles is 1. The van der Waals surface area contributed by atoms with Crippen molar-refractivity contribution in [1.29, 1.82) is 5.26 Å². The summed E-state index contributed by atoms with van der Waals surface area (Å²) in [4.78, 5) is 25.4. The largest absolute Gasteiger partial charge is 0.356 e. The molecule has 0 bridgehead atoms. The van der Waals surface area contributed by atoms with Gasteiger partial charge < -0.3 is 4.90 Å². The molecule has 0 N–H and O–H groups in total. The summed E-state index contributed by atoms with van der Waals surface area (Å²) in [5.74, 6) is 0.314. The third kappa shape index (κ3) is 2.20. The lowest BCUT2D eigenvalue weighted by molar-refractivity contribution is 0.672. The zero-order chi connectivity index (χ0) is 14.0. The molecule has 1 aromatic heterocycles. The zero-order valence-corrected chi connectivity index (χ0v) is 11.0. The highest BCUT2D eigenvalue weighted by atomic mass is 16.2. The maximum atomic E-state index is 11.9. The van der Waals surface area contributed by atoms with Crippen molar-refractivity contribution in [2.75, 3.05) is 18.5 Å². The van der Waals surface area contributed by atoms with E-state index in [1.165, 1.54) is 18.7 Å². The first-order valence-corrected chi connectivity index (χ1v) is 5.36. The van der Waals surface area contributed by atoms with E-state index < -0.39 is 11.2 Å². The highest BCUT2D eigenvalue weighted by Gasteiger charge is 2.18. The first-order valence-electron chi connectivity index (χ1n) is 5.36. The Morgan fingerprint density at radius 1 is 1.39 bits per heavy atom. The minimum atomic E-state index is -0.579. The van der Waals surface area contributed by atoms with Crippen LogP contribution in [0.3, 0.4) is 0 Å². The Morgan fingerprint density at radius 3 is 2.39 bits per heavy atom. The van der Waals surface area contributed by atoms with Crippen molar-refractivity contribution in [3.63, 3.8) is 0 Å². The Hall–Kier alpha value is -2.29. The standard InChI is InChI=1S/C12H16N4O2/c1-8(2)7-14(3)10-9(6-13)11(17)16(5)12(18)15(10)4/h1,7H2,2-5H3. The number of aromatic nitrogens is 2. The van der Waals surface area contributed by atoms with Crippen molar-refractivity contribution in [3.05, 3.63) is 38.6 Å². The number of likely N-dealkylation sites (N-methyl/N-ethyl adjacent to an activating group) is 1. The number of anilines is 1. The fourth-order valence-electron chi connectivity index (χ4n) is 1.86. The van der Waals surface area contributed by atoms with E-state index in [1.807, 2.05) is 13.0 Å². The predicted molar refractivity (Wildman–Crippen MR) is 69.7 cm³/mol. The van der Waals surface area contributed by atoms with Crippen molar-refractivity contribution in [1.82, 2.24) is 9.13 Å². The van der Waals surface area contributed by atoms with Crippen LogP contribution in [0.1, 0.15) is 12.5 Å². The molecule has 0 amide bonds. The minimum absolute atomic E-state index is 0.0386. The highest BCUT2D eigenvalue weighted by molar-refractivity contribution is 5.53. The van der Waals surface area contributed by atoms with Crippen LogP contribution in [0.5, 0.6) is 0 Å². The predicted octanol–water partition coefficient (Wildman–Crippen LogP) is -0.0320. The second kappa shape index (κ2) is 4.92. The van der Waals surface area contributed by atoms with E-state index in [9.17, 15) is 9.59 Å². The van der Waals surface area contributed by atoms with Gasteiger partial charge in [0.05, 0.1) is 0 Å². The average Bonchev–Trinajstić information content (AvgIpc) is 2.29. The molecule has 0 aromatic carbocycles. The van der Waals surface area contributed by atoms with Crippen LogP contribution >= 0.6 is 0 Å². The van der Waals surface area contributed by atoms with Crippen LogP contribution in [0.15, 0.2) is 21.7 Å². The average molecular weight is 248 g/mol. The Morgan fingerprint density at radius 2 is 1.94 bits per heavy atom. The molecular weight excluding hydrogens is 232 g/mol. The molecule has 0 unspecified atom stereocenters. The summed E-state index contributed by atoms with van der Waals surface area (Å²) < 4.78 is 2.22. The third-order valence-electron chi connectivity index (χ3n) is 2.61. The lowest BCUT2D eigenvalue weighted by Gasteiger charge is -2.23. The number of rotatable bonds is 3. The van der Waals surface area contributed by atoms with Crippen LogP contribution in [0.2, 0.25) is 0 Å². The van der Waals surface area contributed by atoms with Gasteiger partial charge in [-0.25, -0.2) is 4.79 Å². The second-order valence-corrected chi connectivity index (χ2v) is 4.33. The molecule has 0 aliphatic heterocycles. The van der Waals surface area contributed by atoms with Gasteiger partial charge in [0.25, 0.3) is 5.56 Å². The second-order valence-electron chi connectivity index (χ2n) is 4.33. The van der Waals surface area contributed by atoms with Gasteiger partial charge in [-0.3, -0.25) is 13.9 Å². The fraction of sp³-hybridized carbons (Fsp3) is 0.417. The zero-order valence-electron chi connectivity index (χ0n) is 11.0. The van der Waals surface area contributed by atoms with Crippen LogP contribution in [0.25, 0.3) is 0 Å². The summed E-state index contributed by atoms with van der Waals surface area (Å²) in [6.07, 6.45) is 0. The Bertz CT molecular complexity index is 646. The highest BCUT2D eigenvalue weighted by Crippen LogP contribution is 2.13. The first kappa shape index (κ1) is 13.8. The fourth-order valence-corrected chi connectivity index (χ4v) is 1.86. The van der Waals surface area contributed by atoms with E-state index in [2.05, 4.69) is 6.58 Å². The Labute approximate surface area is 105 Å².